The van der Waals surface area contributed by atoms with Crippen molar-refractivity contribution < 1.29 is 19.1 Å². The number of nitrogens with one attached hydrogen (secondary N) is 2. The Morgan fingerprint density at radius 2 is 2.00 bits per heavy atom. The summed E-state index contributed by atoms with van der Waals surface area (Å²) in [6, 6.07) is 9.09. The first-order valence-electron chi connectivity index (χ1n) is 7.76. The third kappa shape index (κ3) is 5.80. The zero-order valence-corrected chi connectivity index (χ0v) is 17.2. The monoisotopic (exact) mass is 492 g/mol. The lowest BCUT2D eigenvalue weighted by Crippen LogP contribution is -2.32. The summed E-state index contributed by atoms with van der Waals surface area (Å²) in [5, 5.41) is 12.6. The predicted octanol–water partition coefficient (Wildman–Crippen LogP) is 4.51. The van der Waals surface area contributed by atoms with Crippen molar-refractivity contribution >= 4 is 51.5 Å². The zero-order chi connectivity index (χ0) is 19.3. The van der Waals surface area contributed by atoms with Crippen LogP contribution in [0.2, 0.25) is 5.02 Å². The number of benzene rings is 2. The highest BCUT2D eigenvalue weighted by atomic mass is 127. The van der Waals surface area contributed by atoms with Gasteiger partial charge in [0.1, 0.15) is 5.82 Å². The molecule has 0 fully saturated rings. The fourth-order valence-electron chi connectivity index (χ4n) is 1.95. The van der Waals surface area contributed by atoms with E-state index in [1.54, 1.807) is 26.0 Å². The molecular weight excluding hydrogens is 474 g/mol. The molecule has 8 heteroatoms. The number of aliphatic hydroxyl groups is 1. The summed E-state index contributed by atoms with van der Waals surface area (Å²) in [5.41, 5.74) is 2.82. The molecule has 0 spiro atoms. The third-order valence-corrected chi connectivity index (χ3v) is 4.47. The van der Waals surface area contributed by atoms with Crippen molar-refractivity contribution in [2.24, 2.45) is 5.41 Å². The fourth-order valence-corrected chi connectivity index (χ4v) is 2.85. The number of rotatable bonds is 7. The molecule has 5 nitrogen and oxygen atoms in total. The molecule has 2 aromatic carbocycles. The van der Waals surface area contributed by atoms with Crippen molar-refractivity contribution in [2.75, 3.05) is 18.5 Å². The molecule has 0 unspecified atom stereocenters. The lowest BCUT2D eigenvalue weighted by molar-refractivity contribution is -0.0197. The van der Waals surface area contributed by atoms with E-state index in [9.17, 15) is 14.3 Å². The predicted molar refractivity (Wildman–Crippen MR) is 108 cm³/mol. The van der Waals surface area contributed by atoms with Gasteiger partial charge in [-0.2, -0.15) is 0 Å². The maximum Gasteiger partial charge on any atom is 0.276 e. The first-order valence-corrected chi connectivity index (χ1v) is 9.22. The Labute approximate surface area is 170 Å². The van der Waals surface area contributed by atoms with E-state index in [1.165, 1.54) is 18.2 Å². The summed E-state index contributed by atoms with van der Waals surface area (Å²) < 4.78 is 14.6. The molecule has 0 saturated carbocycles. The van der Waals surface area contributed by atoms with Crippen LogP contribution in [-0.2, 0) is 4.84 Å². The van der Waals surface area contributed by atoms with E-state index in [4.69, 9.17) is 16.4 Å². The van der Waals surface area contributed by atoms with E-state index in [0.29, 0.717) is 10.7 Å². The molecule has 0 bridgehead atoms. The number of anilines is 2. The van der Waals surface area contributed by atoms with Gasteiger partial charge in [-0.25, -0.2) is 9.87 Å². The zero-order valence-electron chi connectivity index (χ0n) is 14.3. The van der Waals surface area contributed by atoms with Crippen LogP contribution in [0.25, 0.3) is 0 Å². The Bertz CT molecular complexity index is 802. The second kappa shape index (κ2) is 8.98. The molecule has 0 aromatic heterocycles. The minimum absolute atomic E-state index is 0.0858. The molecule has 2 aromatic rings. The van der Waals surface area contributed by atoms with Crippen LogP contribution in [0.3, 0.4) is 0 Å². The first-order chi connectivity index (χ1) is 12.2. The van der Waals surface area contributed by atoms with Gasteiger partial charge in [-0.15, -0.1) is 0 Å². The van der Waals surface area contributed by atoms with Crippen LogP contribution < -0.4 is 10.8 Å². The maximum absolute atomic E-state index is 13.7. The van der Waals surface area contributed by atoms with Crippen molar-refractivity contribution in [2.45, 2.75) is 13.8 Å². The Kier molecular flexibility index (Phi) is 7.22. The molecule has 0 aliphatic heterocycles. The topological polar surface area (TPSA) is 70.6 Å². The van der Waals surface area contributed by atoms with Crippen LogP contribution in [0.15, 0.2) is 36.4 Å². The number of amides is 1. The molecule has 26 heavy (non-hydrogen) atoms. The van der Waals surface area contributed by atoms with Gasteiger partial charge >= 0.3 is 0 Å². The maximum atomic E-state index is 13.7. The normalized spacial score (nSPS) is 11.3. The van der Waals surface area contributed by atoms with Gasteiger partial charge in [0, 0.05) is 8.99 Å². The van der Waals surface area contributed by atoms with E-state index >= 15 is 0 Å². The SMILES string of the molecule is CC(C)(CO)CONC(=O)c1ccc(F)cc1Nc1ccc(I)cc1Cl. The van der Waals surface area contributed by atoms with E-state index in [1.807, 2.05) is 6.07 Å². The molecule has 0 aliphatic carbocycles. The van der Waals surface area contributed by atoms with Gasteiger partial charge in [-0.1, -0.05) is 25.4 Å². The van der Waals surface area contributed by atoms with E-state index in [2.05, 4.69) is 33.4 Å². The molecule has 1 amide bonds. The summed E-state index contributed by atoms with van der Waals surface area (Å²) in [6.45, 7) is 3.63. The van der Waals surface area contributed by atoms with Crippen LogP contribution in [-0.4, -0.2) is 24.2 Å². The molecule has 140 valence electrons. The molecule has 3 N–H and O–H groups in total. The molecule has 0 saturated heterocycles. The largest absolute Gasteiger partial charge is 0.396 e. The summed E-state index contributed by atoms with van der Waals surface area (Å²) in [4.78, 5) is 17.6. The smallest absolute Gasteiger partial charge is 0.276 e. The van der Waals surface area contributed by atoms with Gasteiger partial charge in [0.15, 0.2) is 0 Å². The molecule has 2 rings (SSSR count). The molecular formula is C18H19ClFIN2O3. The number of aliphatic hydroxyl groups excluding tert-OH is 1. The van der Waals surface area contributed by atoms with Crippen LogP contribution in [0.5, 0.6) is 0 Å². The van der Waals surface area contributed by atoms with Gasteiger partial charge < -0.3 is 10.4 Å². The Morgan fingerprint density at radius 3 is 2.65 bits per heavy atom. The molecule has 0 aliphatic rings. The van der Waals surface area contributed by atoms with Crippen LogP contribution in [0, 0.1) is 14.8 Å². The Morgan fingerprint density at radius 1 is 1.27 bits per heavy atom. The van der Waals surface area contributed by atoms with Crippen molar-refractivity contribution in [1.29, 1.82) is 0 Å². The second-order valence-electron chi connectivity index (χ2n) is 6.48. The van der Waals surface area contributed by atoms with Crippen LogP contribution >= 0.6 is 34.2 Å². The van der Waals surface area contributed by atoms with Gasteiger partial charge in [0.25, 0.3) is 5.91 Å². The second-order valence-corrected chi connectivity index (χ2v) is 8.13. The van der Waals surface area contributed by atoms with Gasteiger partial charge in [-0.05, 0) is 59.0 Å². The summed E-state index contributed by atoms with van der Waals surface area (Å²) in [7, 11) is 0. The van der Waals surface area contributed by atoms with Crippen molar-refractivity contribution in [3.63, 3.8) is 0 Å². The number of hydroxylamine groups is 1. The average molecular weight is 493 g/mol. The van der Waals surface area contributed by atoms with Crippen molar-refractivity contribution in [3.8, 4) is 0 Å². The average Bonchev–Trinajstić information content (AvgIpc) is 2.57. The van der Waals surface area contributed by atoms with Crippen molar-refractivity contribution in [3.05, 3.63) is 56.4 Å². The molecule has 0 heterocycles. The van der Waals surface area contributed by atoms with E-state index in [-0.39, 0.29) is 24.5 Å². The minimum atomic E-state index is -0.539. The highest BCUT2D eigenvalue weighted by molar-refractivity contribution is 14.1. The highest BCUT2D eigenvalue weighted by Gasteiger charge is 2.19. The lowest BCUT2D eigenvalue weighted by atomic mass is 9.97. The summed E-state index contributed by atoms with van der Waals surface area (Å²) in [5.74, 6) is -1.03. The first kappa shape index (κ1) is 20.9. The number of hydrogen-bond acceptors (Lipinski definition) is 4. The molecule has 0 radical (unpaired) electrons. The lowest BCUT2D eigenvalue weighted by Gasteiger charge is -2.21. The van der Waals surface area contributed by atoms with Gasteiger partial charge in [-0.3, -0.25) is 9.63 Å². The highest BCUT2D eigenvalue weighted by Crippen LogP contribution is 2.29. The minimum Gasteiger partial charge on any atom is -0.396 e. The quantitative estimate of drug-likeness (QED) is 0.393. The summed E-state index contributed by atoms with van der Waals surface area (Å²) in [6.07, 6.45) is 0. The van der Waals surface area contributed by atoms with E-state index in [0.717, 1.165) is 3.57 Å². The van der Waals surface area contributed by atoms with Gasteiger partial charge in [0.05, 0.1) is 35.2 Å². The molecule has 0 atom stereocenters. The number of carbonyl (C=O) groups is 1. The standard InChI is InChI=1S/C18H19ClFIN2O3/c1-18(2,9-24)10-26-23-17(25)13-5-3-11(20)7-16(13)22-15-6-4-12(21)8-14(15)19/h3-8,22,24H,9-10H2,1-2H3,(H,23,25). The number of hydrogen-bond donors (Lipinski definition) is 3. The van der Waals surface area contributed by atoms with E-state index < -0.39 is 17.1 Å². The fraction of sp³-hybridized carbons (Fsp3) is 0.278. The Balaban J connectivity index is 2.17. The number of halogens is 3. The van der Waals surface area contributed by atoms with Crippen LogP contribution in [0.1, 0.15) is 24.2 Å². The number of carbonyl (C=O) groups excluding carboxylic acids is 1. The Hall–Kier alpha value is -1.42. The van der Waals surface area contributed by atoms with Crippen molar-refractivity contribution in [1.82, 2.24) is 5.48 Å². The summed E-state index contributed by atoms with van der Waals surface area (Å²) >= 11 is 8.32. The third-order valence-electron chi connectivity index (χ3n) is 3.48. The van der Waals surface area contributed by atoms with Crippen LogP contribution in [0.4, 0.5) is 15.8 Å². The van der Waals surface area contributed by atoms with Gasteiger partial charge in [0.2, 0.25) is 0 Å².